The monoisotopic (exact) mass is 492 g/mol. The van der Waals surface area contributed by atoms with E-state index in [1.54, 1.807) is 19.9 Å². The summed E-state index contributed by atoms with van der Waals surface area (Å²) in [6.45, 7) is 3.11. The molecule has 2 aromatic carbocycles. The number of carbonyl (C=O) groups is 1. The summed E-state index contributed by atoms with van der Waals surface area (Å²) in [6.07, 6.45) is -3.12. The van der Waals surface area contributed by atoms with Crippen molar-refractivity contribution >= 4 is 15.9 Å². The summed E-state index contributed by atoms with van der Waals surface area (Å²) in [5.74, 6) is -0.681. The van der Waals surface area contributed by atoms with Gasteiger partial charge in [0.25, 0.3) is 5.91 Å². The summed E-state index contributed by atoms with van der Waals surface area (Å²) < 4.78 is 70.1. The van der Waals surface area contributed by atoms with Crippen molar-refractivity contribution in [1.29, 1.82) is 0 Å². The Bertz CT molecular complexity index is 1350. The maximum atomic E-state index is 13.8. The van der Waals surface area contributed by atoms with Gasteiger partial charge in [-0.05, 0) is 68.7 Å². The Kier molecular flexibility index (Phi) is 6.26. The number of rotatable bonds is 7. The minimum atomic E-state index is -4.64. The molecule has 0 bridgehead atoms. The molecule has 1 fully saturated rings. The van der Waals surface area contributed by atoms with Gasteiger partial charge in [0.15, 0.2) is 0 Å². The van der Waals surface area contributed by atoms with Crippen LogP contribution in [0.3, 0.4) is 0 Å². The maximum absolute atomic E-state index is 13.8. The van der Waals surface area contributed by atoms with Crippen molar-refractivity contribution in [1.82, 2.24) is 19.8 Å². The topological polar surface area (TPSA) is 93.1 Å². The zero-order valence-electron chi connectivity index (χ0n) is 18.5. The number of aryl methyl sites for hydroxylation is 2. The van der Waals surface area contributed by atoms with E-state index in [9.17, 15) is 26.4 Å². The van der Waals surface area contributed by atoms with Gasteiger partial charge < -0.3 is 5.32 Å². The van der Waals surface area contributed by atoms with Crippen LogP contribution in [0.15, 0.2) is 53.4 Å². The molecule has 0 unspecified atom stereocenters. The molecule has 3 aromatic rings. The quantitative estimate of drug-likeness (QED) is 0.524. The van der Waals surface area contributed by atoms with Crippen molar-refractivity contribution in [2.24, 2.45) is 0 Å². The average molecular weight is 493 g/mol. The van der Waals surface area contributed by atoms with Gasteiger partial charge in [0, 0.05) is 23.8 Å². The van der Waals surface area contributed by atoms with Gasteiger partial charge in [-0.25, -0.2) is 17.8 Å². The molecule has 2 N–H and O–H groups in total. The molecule has 1 amide bonds. The van der Waals surface area contributed by atoms with Gasteiger partial charge in [0.2, 0.25) is 10.0 Å². The van der Waals surface area contributed by atoms with E-state index in [1.165, 1.54) is 41.1 Å². The summed E-state index contributed by atoms with van der Waals surface area (Å²) in [5.41, 5.74) is 0.658. The molecule has 1 aromatic heterocycles. The zero-order valence-corrected chi connectivity index (χ0v) is 19.3. The van der Waals surface area contributed by atoms with Crippen LogP contribution in [0.1, 0.15) is 45.7 Å². The number of nitrogens with one attached hydrogen (secondary N) is 2. The highest BCUT2D eigenvalue weighted by molar-refractivity contribution is 7.89. The van der Waals surface area contributed by atoms with Crippen molar-refractivity contribution in [2.45, 2.75) is 50.3 Å². The molecular weight excluding hydrogens is 469 g/mol. The lowest BCUT2D eigenvalue weighted by Crippen LogP contribution is -2.27. The molecule has 0 spiro atoms. The third-order valence-electron chi connectivity index (χ3n) is 5.40. The number of alkyl halides is 3. The van der Waals surface area contributed by atoms with E-state index in [4.69, 9.17) is 0 Å². The summed E-state index contributed by atoms with van der Waals surface area (Å²) in [4.78, 5) is 12.5. The largest absolute Gasteiger partial charge is 0.416 e. The Morgan fingerprint density at radius 3 is 2.47 bits per heavy atom. The van der Waals surface area contributed by atoms with Crippen LogP contribution in [0.4, 0.5) is 13.2 Å². The lowest BCUT2D eigenvalue weighted by Gasteiger charge is -2.16. The van der Waals surface area contributed by atoms with Crippen LogP contribution in [0.5, 0.6) is 0 Å². The first-order valence-corrected chi connectivity index (χ1v) is 12.1. The molecule has 1 aliphatic carbocycles. The summed E-state index contributed by atoms with van der Waals surface area (Å²) in [6, 6.07) is 10.9. The number of aromatic nitrogens is 2. The van der Waals surface area contributed by atoms with Gasteiger partial charge in [-0.1, -0.05) is 12.1 Å². The molecule has 0 atom stereocenters. The molecule has 4 rings (SSSR count). The van der Waals surface area contributed by atoms with Gasteiger partial charge in [-0.15, -0.1) is 0 Å². The number of halogens is 3. The van der Waals surface area contributed by atoms with Crippen LogP contribution in [0.2, 0.25) is 0 Å². The van der Waals surface area contributed by atoms with Crippen LogP contribution < -0.4 is 10.0 Å². The standard InChI is InChI=1S/C23H23F3N4O3S/c1-14-10-15(2)30(28-14)19-9-6-17(21(12-19)23(24,25)26)13-27-22(31)16-4-3-5-20(11-16)34(32,33)29-18-7-8-18/h3-6,9-12,18,29H,7-8,13H2,1-2H3,(H,27,31). The average Bonchev–Trinajstić information content (AvgIpc) is 3.51. The highest BCUT2D eigenvalue weighted by Gasteiger charge is 2.34. The van der Waals surface area contributed by atoms with E-state index in [0.717, 1.165) is 18.9 Å². The smallest absolute Gasteiger partial charge is 0.348 e. The Hall–Kier alpha value is -3.18. The molecule has 0 radical (unpaired) electrons. The molecule has 11 heteroatoms. The fraction of sp³-hybridized carbons (Fsp3) is 0.304. The molecule has 1 saturated carbocycles. The first-order chi connectivity index (χ1) is 15.9. The van der Waals surface area contributed by atoms with E-state index in [2.05, 4.69) is 15.1 Å². The number of hydrogen-bond donors (Lipinski definition) is 2. The lowest BCUT2D eigenvalue weighted by atomic mass is 10.1. The van der Waals surface area contributed by atoms with Crippen LogP contribution >= 0.6 is 0 Å². The van der Waals surface area contributed by atoms with Gasteiger partial charge in [-0.2, -0.15) is 18.3 Å². The predicted molar refractivity (Wildman–Crippen MR) is 119 cm³/mol. The van der Waals surface area contributed by atoms with Crippen molar-refractivity contribution in [3.8, 4) is 5.69 Å². The number of nitrogens with zero attached hydrogens (tertiary/aromatic N) is 2. The van der Waals surface area contributed by atoms with Crippen LogP contribution in [-0.4, -0.2) is 30.1 Å². The number of benzene rings is 2. The Morgan fingerprint density at radius 1 is 1.12 bits per heavy atom. The van der Waals surface area contributed by atoms with Crippen LogP contribution in [0, 0.1) is 13.8 Å². The third kappa shape index (κ3) is 5.31. The van der Waals surface area contributed by atoms with E-state index < -0.39 is 27.7 Å². The van der Waals surface area contributed by atoms with Crippen molar-refractivity contribution < 1.29 is 26.4 Å². The van der Waals surface area contributed by atoms with Crippen molar-refractivity contribution in [3.63, 3.8) is 0 Å². The van der Waals surface area contributed by atoms with Gasteiger partial charge >= 0.3 is 6.18 Å². The Morgan fingerprint density at radius 2 is 1.85 bits per heavy atom. The second-order valence-electron chi connectivity index (χ2n) is 8.28. The number of hydrogen-bond acceptors (Lipinski definition) is 4. The van der Waals surface area contributed by atoms with Gasteiger partial charge in [0.05, 0.1) is 21.8 Å². The maximum Gasteiger partial charge on any atom is 0.416 e. The van der Waals surface area contributed by atoms with Crippen LogP contribution in [0.25, 0.3) is 5.69 Å². The summed E-state index contributed by atoms with van der Waals surface area (Å²) >= 11 is 0. The highest BCUT2D eigenvalue weighted by Crippen LogP contribution is 2.34. The fourth-order valence-electron chi connectivity index (χ4n) is 3.58. The minimum absolute atomic E-state index is 0.0338. The molecule has 34 heavy (non-hydrogen) atoms. The SMILES string of the molecule is Cc1cc(C)n(-c2ccc(CNC(=O)c3cccc(S(=O)(=O)NC4CC4)c3)c(C(F)(F)F)c2)n1. The molecular formula is C23H23F3N4O3S. The first-order valence-electron chi connectivity index (χ1n) is 10.6. The lowest BCUT2D eigenvalue weighted by molar-refractivity contribution is -0.138. The molecule has 1 aliphatic rings. The van der Waals surface area contributed by atoms with E-state index >= 15 is 0 Å². The fourth-order valence-corrected chi connectivity index (χ4v) is 4.93. The van der Waals surface area contributed by atoms with E-state index in [-0.39, 0.29) is 34.3 Å². The van der Waals surface area contributed by atoms with Gasteiger partial charge in [-0.3, -0.25) is 4.79 Å². The number of sulfonamides is 1. The molecule has 7 nitrogen and oxygen atoms in total. The van der Waals surface area contributed by atoms with E-state index in [1.807, 2.05) is 0 Å². The van der Waals surface area contributed by atoms with Crippen LogP contribution in [-0.2, 0) is 22.7 Å². The summed E-state index contributed by atoms with van der Waals surface area (Å²) in [5, 5.41) is 6.68. The number of carbonyl (C=O) groups excluding carboxylic acids is 1. The highest BCUT2D eigenvalue weighted by atomic mass is 32.2. The summed E-state index contributed by atoms with van der Waals surface area (Å²) in [7, 11) is -3.77. The molecule has 0 aliphatic heterocycles. The molecule has 180 valence electrons. The first kappa shape index (κ1) is 24.0. The molecule has 1 heterocycles. The van der Waals surface area contributed by atoms with Crippen molar-refractivity contribution in [2.75, 3.05) is 0 Å². The second kappa shape index (κ2) is 8.88. The Labute approximate surface area is 195 Å². The van der Waals surface area contributed by atoms with Gasteiger partial charge in [0.1, 0.15) is 0 Å². The minimum Gasteiger partial charge on any atom is -0.348 e. The Balaban J connectivity index is 1.54. The van der Waals surface area contributed by atoms with Crippen molar-refractivity contribution in [3.05, 3.63) is 76.6 Å². The molecule has 0 saturated heterocycles. The third-order valence-corrected chi connectivity index (χ3v) is 6.92. The number of amides is 1. The van der Waals surface area contributed by atoms with E-state index in [0.29, 0.717) is 11.4 Å². The second-order valence-corrected chi connectivity index (χ2v) is 10.00. The zero-order chi connectivity index (χ0) is 24.7. The predicted octanol–water partition coefficient (Wildman–Crippen LogP) is 3.88. The normalized spacial score (nSPS) is 14.3.